The third-order valence-corrected chi connectivity index (χ3v) is 2.94. The highest BCUT2D eigenvalue weighted by Crippen LogP contribution is 2.22. The van der Waals surface area contributed by atoms with Crippen molar-refractivity contribution in [2.75, 3.05) is 14.1 Å². The molecule has 2 rings (SSSR count). The summed E-state index contributed by atoms with van der Waals surface area (Å²) in [5, 5.41) is 0. The first-order valence-corrected chi connectivity index (χ1v) is 6.01. The van der Waals surface area contributed by atoms with E-state index >= 15 is 0 Å². The molecule has 0 aliphatic rings. The third kappa shape index (κ3) is 3.75. The van der Waals surface area contributed by atoms with Gasteiger partial charge in [-0.05, 0) is 19.7 Å². The minimum atomic E-state index is -0.228. The summed E-state index contributed by atoms with van der Waals surface area (Å²) in [5.41, 5.74) is 1.77. The Bertz CT molecular complexity index is 511. The molecule has 0 N–H and O–H groups in total. The molecule has 19 heavy (non-hydrogen) atoms. The van der Waals surface area contributed by atoms with Gasteiger partial charge in [0.15, 0.2) is 5.78 Å². The summed E-state index contributed by atoms with van der Waals surface area (Å²) in [6, 6.07) is 19.1. The second-order valence-electron chi connectivity index (χ2n) is 4.51. The minimum Gasteiger partial charge on any atom is -0.296 e. The van der Waals surface area contributed by atoms with Crippen LogP contribution in [0.15, 0.2) is 60.7 Å². The standard InChI is InChI=1S/C16H17NO.BrH/c1-17(2)15(13-9-5-3-6-10-13)16(18)14-11-7-4-8-12-14;/h3-12,15H,1-2H3;1H. The molecule has 2 aromatic carbocycles. The van der Waals surface area contributed by atoms with Crippen LogP contribution in [0.25, 0.3) is 0 Å². The predicted octanol–water partition coefficient (Wildman–Crippen LogP) is 3.75. The van der Waals surface area contributed by atoms with E-state index in [4.69, 9.17) is 0 Å². The number of likely N-dealkylation sites (N-methyl/N-ethyl adjacent to an activating group) is 1. The molecule has 1 atom stereocenters. The lowest BCUT2D eigenvalue weighted by Crippen LogP contribution is -2.27. The Balaban J connectivity index is 0.00000180. The summed E-state index contributed by atoms with van der Waals surface area (Å²) in [7, 11) is 3.86. The molecule has 2 aromatic rings. The Morgan fingerprint density at radius 1 is 0.895 bits per heavy atom. The van der Waals surface area contributed by atoms with E-state index in [-0.39, 0.29) is 28.8 Å². The second kappa shape index (κ2) is 7.22. The maximum absolute atomic E-state index is 12.5. The van der Waals surface area contributed by atoms with Crippen LogP contribution in [-0.2, 0) is 0 Å². The molecule has 0 radical (unpaired) electrons. The molecular formula is C16H18BrNO. The van der Waals surface area contributed by atoms with Gasteiger partial charge in [0.05, 0.1) is 6.04 Å². The molecular weight excluding hydrogens is 302 g/mol. The first-order chi connectivity index (χ1) is 8.70. The Labute approximate surface area is 124 Å². The molecule has 0 saturated heterocycles. The fraction of sp³-hybridized carbons (Fsp3) is 0.188. The lowest BCUT2D eigenvalue weighted by molar-refractivity contribution is 0.0875. The van der Waals surface area contributed by atoms with Gasteiger partial charge in [0.1, 0.15) is 0 Å². The molecule has 0 aliphatic carbocycles. The van der Waals surface area contributed by atoms with Crippen LogP contribution in [0.4, 0.5) is 0 Å². The first-order valence-electron chi connectivity index (χ1n) is 6.01. The summed E-state index contributed by atoms with van der Waals surface area (Å²) in [6.07, 6.45) is 0. The van der Waals surface area contributed by atoms with Gasteiger partial charge in [-0.1, -0.05) is 60.7 Å². The summed E-state index contributed by atoms with van der Waals surface area (Å²) < 4.78 is 0. The summed E-state index contributed by atoms with van der Waals surface area (Å²) in [4.78, 5) is 14.5. The maximum Gasteiger partial charge on any atom is 0.184 e. The number of ketones is 1. The Morgan fingerprint density at radius 2 is 1.37 bits per heavy atom. The van der Waals surface area contributed by atoms with Gasteiger partial charge in [0.25, 0.3) is 0 Å². The monoisotopic (exact) mass is 319 g/mol. The van der Waals surface area contributed by atoms with Crippen LogP contribution in [0, 0.1) is 0 Å². The Morgan fingerprint density at radius 3 is 1.84 bits per heavy atom. The van der Waals surface area contributed by atoms with E-state index in [1.807, 2.05) is 79.7 Å². The molecule has 0 amide bonds. The molecule has 0 aliphatic heterocycles. The van der Waals surface area contributed by atoms with Gasteiger partial charge < -0.3 is 0 Å². The average Bonchev–Trinajstić information content (AvgIpc) is 2.40. The molecule has 0 bridgehead atoms. The van der Waals surface area contributed by atoms with E-state index < -0.39 is 0 Å². The second-order valence-corrected chi connectivity index (χ2v) is 4.51. The zero-order chi connectivity index (χ0) is 13.0. The summed E-state index contributed by atoms with van der Waals surface area (Å²) in [6.45, 7) is 0. The van der Waals surface area contributed by atoms with Crippen LogP contribution in [0.3, 0.4) is 0 Å². The van der Waals surface area contributed by atoms with E-state index in [2.05, 4.69) is 0 Å². The van der Waals surface area contributed by atoms with Crippen LogP contribution in [-0.4, -0.2) is 24.8 Å². The van der Waals surface area contributed by atoms with Gasteiger partial charge in [-0.25, -0.2) is 0 Å². The highest BCUT2D eigenvalue weighted by Gasteiger charge is 2.23. The van der Waals surface area contributed by atoms with E-state index in [0.717, 1.165) is 11.1 Å². The number of rotatable bonds is 4. The van der Waals surface area contributed by atoms with Gasteiger partial charge in [0.2, 0.25) is 0 Å². The SMILES string of the molecule is Br.CN(C)C(C(=O)c1ccccc1)c1ccccc1. The van der Waals surface area contributed by atoms with E-state index in [1.165, 1.54) is 0 Å². The van der Waals surface area contributed by atoms with Crippen molar-refractivity contribution in [2.45, 2.75) is 6.04 Å². The van der Waals surface area contributed by atoms with Crippen molar-refractivity contribution in [2.24, 2.45) is 0 Å². The van der Waals surface area contributed by atoms with E-state index in [1.54, 1.807) is 0 Å². The smallest absolute Gasteiger partial charge is 0.184 e. The zero-order valence-corrected chi connectivity index (χ0v) is 12.8. The van der Waals surface area contributed by atoms with Crippen LogP contribution in [0.5, 0.6) is 0 Å². The molecule has 1 unspecified atom stereocenters. The third-order valence-electron chi connectivity index (χ3n) is 2.94. The fourth-order valence-corrected chi connectivity index (χ4v) is 2.08. The first kappa shape index (κ1) is 15.6. The number of carbonyl (C=O) groups excluding carboxylic acids is 1. The van der Waals surface area contributed by atoms with Crippen molar-refractivity contribution in [3.05, 3.63) is 71.8 Å². The number of halogens is 1. The van der Waals surface area contributed by atoms with Gasteiger partial charge in [-0.3, -0.25) is 9.69 Å². The lowest BCUT2D eigenvalue weighted by atomic mass is 9.97. The van der Waals surface area contributed by atoms with Crippen molar-refractivity contribution in [1.82, 2.24) is 4.90 Å². The molecule has 0 heterocycles. The topological polar surface area (TPSA) is 20.3 Å². The summed E-state index contributed by atoms with van der Waals surface area (Å²) >= 11 is 0. The molecule has 0 spiro atoms. The van der Waals surface area contributed by atoms with Crippen molar-refractivity contribution in [3.63, 3.8) is 0 Å². The molecule has 100 valence electrons. The van der Waals surface area contributed by atoms with Crippen molar-refractivity contribution >= 4 is 22.8 Å². The van der Waals surface area contributed by atoms with Gasteiger partial charge in [0, 0.05) is 5.56 Å². The number of hydrogen-bond donors (Lipinski definition) is 0. The zero-order valence-electron chi connectivity index (χ0n) is 11.1. The minimum absolute atomic E-state index is 0. The molecule has 0 aromatic heterocycles. The van der Waals surface area contributed by atoms with Gasteiger partial charge >= 0.3 is 0 Å². The van der Waals surface area contributed by atoms with Crippen LogP contribution >= 0.6 is 17.0 Å². The normalized spacial score (nSPS) is 11.7. The maximum atomic E-state index is 12.5. The average molecular weight is 320 g/mol. The number of carbonyl (C=O) groups is 1. The lowest BCUT2D eigenvalue weighted by Gasteiger charge is -2.23. The van der Waals surface area contributed by atoms with Crippen LogP contribution in [0.2, 0.25) is 0 Å². The van der Waals surface area contributed by atoms with Crippen LogP contribution in [0.1, 0.15) is 22.0 Å². The number of nitrogens with zero attached hydrogens (tertiary/aromatic N) is 1. The fourth-order valence-electron chi connectivity index (χ4n) is 2.08. The van der Waals surface area contributed by atoms with Crippen molar-refractivity contribution in [1.29, 1.82) is 0 Å². The quantitative estimate of drug-likeness (QED) is 0.800. The molecule has 0 fully saturated rings. The van der Waals surface area contributed by atoms with Crippen molar-refractivity contribution < 1.29 is 4.79 Å². The van der Waals surface area contributed by atoms with Crippen molar-refractivity contribution in [3.8, 4) is 0 Å². The van der Waals surface area contributed by atoms with E-state index in [0.29, 0.717) is 0 Å². The van der Waals surface area contributed by atoms with Gasteiger partial charge in [-0.15, -0.1) is 17.0 Å². The Hall–Kier alpha value is -1.45. The van der Waals surface area contributed by atoms with Gasteiger partial charge in [-0.2, -0.15) is 0 Å². The molecule has 3 heteroatoms. The van der Waals surface area contributed by atoms with E-state index in [9.17, 15) is 4.79 Å². The largest absolute Gasteiger partial charge is 0.296 e. The van der Waals surface area contributed by atoms with Crippen LogP contribution < -0.4 is 0 Å². The number of hydrogen-bond acceptors (Lipinski definition) is 2. The Kier molecular flexibility index (Phi) is 5.93. The molecule has 0 saturated carbocycles. The number of Topliss-reactive ketones (excluding diaryl/α,β-unsaturated/α-hetero) is 1. The molecule has 2 nitrogen and oxygen atoms in total. The predicted molar refractivity (Wildman–Crippen MR) is 84.0 cm³/mol. The summed E-state index contributed by atoms with van der Waals surface area (Å²) in [5.74, 6) is 0.131. The number of benzene rings is 2. The highest BCUT2D eigenvalue weighted by molar-refractivity contribution is 8.93. The highest BCUT2D eigenvalue weighted by atomic mass is 79.9.